The summed E-state index contributed by atoms with van der Waals surface area (Å²) < 4.78 is 7.26. The van der Waals surface area contributed by atoms with Gasteiger partial charge < -0.3 is 10.5 Å². The summed E-state index contributed by atoms with van der Waals surface area (Å²) in [5.41, 5.74) is 8.27. The van der Waals surface area contributed by atoms with E-state index < -0.39 is 0 Å². The Bertz CT molecular complexity index is 472. The molecular formula is C11H14N4O. The second-order valence-electron chi connectivity index (χ2n) is 3.67. The highest BCUT2D eigenvalue weighted by Gasteiger charge is 2.05. The number of hydrogen-bond donors (Lipinski definition) is 1. The van der Waals surface area contributed by atoms with Crippen LogP contribution >= 0.6 is 0 Å². The van der Waals surface area contributed by atoms with Gasteiger partial charge in [0, 0.05) is 7.05 Å². The highest BCUT2D eigenvalue weighted by atomic mass is 16.5. The summed E-state index contributed by atoms with van der Waals surface area (Å²) in [6.07, 6.45) is 1.81. The number of aryl methyl sites for hydroxylation is 2. The Balaban J connectivity index is 2.10. The average molecular weight is 218 g/mol. The molecule has 1 aromatic carbocycles. The number of nitrogen functional groups attached to an aromatic ring is 1. The molecule has 2 aromatic rings. The van der Waals surface area contributed by atoms with Crippen LogP contribution in [0.2, 0.25) is 0 Å². The van der Waals surface area contributed by atoms with E-state index in [2.05, 4.69) is 10.3 Å². The number of aromatic nitrogens is 3. The van der Waals surface area contributed by atoms with Crippen molar-refractivity contribution in [3.05, 3.63) is 35.7 Å². The van der Waals surface area contributed by atoms with Gasteiger partial charge in [0.1, 0.15) is 18.1 Å². The van der Waals surface area contributed by atoms with Crippen LogP contribution < -0.4 is 10.5 Å². The number of benzene rings is 1. The summed E-state index contributed by atoms with van der Waals surface area (Å²) in [7, 11) is 1.82. The number of anilines is 1. The lowest BCUT2D eigenvalue weighted by atomic mass is 10.2. The van der Waals surface area contributed by atoms with Crippen molar-refractivity contribution in [2.75, 3.05) is 5.73 Å². The van der Waals surface area contributed by atoms with E-state index in [-0.39, 0.29) is 0 Å². The largest absolute Gasteiger partial charge is 0.485 e. The summed E-state index contributed by atoms with van der Waals surface area (Å²) in [6.45, 7) is 2.34. The second-order valence-corrected chi connectivity index (χ2v) is 3.67. The number of hydrogen-bond acceptors (Lipinski definition) is 4. The monoisotopic (exact) mass is 218 g/mol. The molecule has 0 amide bonds. The Morgan fingerprint density at radius 2 is 2.25 bits per heavy atom. The van der Waals surface area contributed by atoms with E-state index in [0.717, 1.165) is 11.3 Å². The highest BCUT2D eigenvalue weighted by Crippen LogP contribution is 2.25. The predicted molar refractivity (Wildman–Crippen MR) is 60.9 cm³/mol. The third kappa shape index (κ3) is 2.13. The van der Waals surface area contributed by atoms with Gasteiger partial charge in [-0.05, 0) is 18.6 Å². The first-order valence-electron chi connectivity index (χ1n) is 5.00. The molecule has 1 heterocycles. The van der Waals surface area contributed by atoms with Crippen molar-refractivity contribution >= 4 is 5.69 Å². The molecule has 5 heteroatoms. The molecule has 84 valence electrons. The Hall–Kier alpha value is -2.04. The lowest BCUT2D eigenvalue weighted by Crippen LogP contribution is -2.00. The summed E-state index contributed by atoms with van der Waals surface area (Å²) in [5, 5.41) is 7.77. The van der Waals surface area contributed by atoms with Gasteiger partial charge in [0.05, 0.1) is 11.9 Å². The zero-order chi connectivity index (χ0) is 11.5. The molecule has 0 atom stereocenters. The van der Waals surface area contributed by atoms with Crippen LogP contribution in [-0.2, 0) is 13.7 Å². The van der Waals surface area contributed by atoms with Crippen molar-refractivity contribution in [3.8, 4) is 5.75 Å². The molecule has 0 aliphatic heterocycles. The topological polar surface area (TPSA) is 66.0 Å². The van der Waals surface area contributed by atoms with E-state index in [1.165, 1.54) is 0 Å². The number of nitrogens with zero attached hydrogens (tertiary/aromatic N) is 3. The van der Waals surface area contributed by atoms with E-state index >= 15 is 0 Å². The van der Waals surface area contributed by atoms with Gasteiger partial charge in [-0.1, -0.05) is 17.3 Å². The second kappa shape index (κ2) is 4.22. The fourth-order valence-electron chi connectivity index (χ4n) is 1.48. The number of ether oxygens (including phenoxy) is 1. The zero-order valence-corrected chi connectivity index (χ0v) is 9.34. The molecule has 0 unspecified atom stereocenters. The molecule has 2 rings (SSSR count). The molecule has 16 heavy (non-hydrogen) atoms. The summed E-state index contributed by atoms with van der Waals surface area (Å²) in [6, 6.07) is 5.68. The van der Waals surface area contributed by atoms with E-state index in [1.807, 2.05) is 38.4 Å². The maximum atomic E-state index is 5.82. The molecule has 0 aliphatic rings. The van der Waals surface area contributed by atoms with Crippen molar-refractivity contribution in [1.29, 1.82) is 0 Å². The van der Waals surface area contributed by atoms with Gasteiger partial charge in [-0.15, -0.1) is 5.10 Å². The van der Waals surface area contributed by atoms with Crippen molar-refractivity contribution in [2.45, 2.75) is 13.5 Å². The van der Waals surface area contributed by atoms with Crippen LogP contribution in [0.3, 0.4) is 0 Å². The maximum Gasteiger partial charge on any atom is 0.145 e. The molecule has 0 bridgehead atoms. The molecule has 5 nitrogen and oxygen atoms in total. The summed E-state index contributed by atoms with van der Waals surface area (Å²) in [4.78, 5) is 0. The van der Waals surface area contributed by atoms with E-state index in [1.54, 1.807) is 4.68 Å². The minimum atomic E-state index is 0.378. The quantitative estimate of drug-likeness (QED) is 0.788. The number of nitrogens with two attached hydrogens (primary N) is 1. The molecule has 1 aromatic heterocycles. The Kier molecular flexibility index (Phi) is 2.76. The molecule has 2 N–H and O–H groups in total. The number of rotatable bonds is 3. The van der Waals surface area contributed by atoms with Gasteiger partial charge in [-0.3, -0.25) is 4.68 Å². The fourth-order valence-corrected chi connectivity index (χ4v) is 1.48. The van der Waals surface area contributed by atoms with Crippen molar-refractivity contribution in [2.24, 2.45) is 7.05 Å². The first-order chi connectivity index (χ1) is 7.66. The minimum Gasteiger partial charge on any atom is -0.485 e. The van der Waals surface area contributed by atoms with Crippen molar-refractivity contribution in [1.82, 2.24) is 15.0 Å². The van der Waals surface area contributed by atoms with Gasteiger partial charge in [0.25, 0.3) is 0 Å². The van der Waals surface area contributed by atoms with Gasteiger partial charge >= 0.3 is 0 Å². The predicted octanol–water partition coefficient (Wildman–Crippen LogP) is 1.28. The lowest BCUT2D eigenvalue weighted by Gasteiger charge is -2.09. The van der Waals surface area contributed by atoms with Gasteiger partial charge in [-0.25, -0.2) is 0 Å². The lowest BCUT2D eigenvalue weighted by molar-refractivity contribution is 0.301. The molecule has 0 saturated heterocycles. The van der Waals surface area contributed by atoms with Crippen LogP contribution in [0.15, 0.2) is 24.4 Å². The first kappa shape index (κ1) is 10.5. The van der Waals surface area contributed by atoms with Gasteiger partial charge in [-0.2, -0.15) is 0 Å². The van der Waals surface area contributed by atoms with Crippen LogP contribution in [0.4, 0.5) is 5.69 Å². The Morgan fingerprint density at radius 1 is 1.44 bits per heavy atom. The summed E-state index contributed by atoms with van der Waals surface area (Å²) >= 11 is 0. The average Bonchev–Trinajstić information content (AvgIpc) is 2.63. The minimum absolute atomic E-state index is 0.378. The SMILES string of the molecule is Cc1cccc(N)c1OCc1cn(C)nn1. The highest BCUT2D eigenvalue weighted by molar-refractivity contribution is 5.56. The van der Waals surface area contributed by atoms with Crippen LogP contribution in [0.25, 0.3) is 0 Å². The van der Waals surface area contributed by atoms with E-state index in [9.17, 15) is 0 Å². The normalized spacial score (nSPS) is 10.4. The van der Waals surface area contributed by atoms with Crippen LogP contribution in [0, 0.1) is 6.92 Å². The molecule has 0 fully saturated rings. The molecule has 0 aliphatic carbocycles. The zero-order valence-electron chi connectivity index (χ0n) is 9.34. The van der Waals surface area contributed by atoms with Crippen LogP contribution in [0.5, 0.6) is 5.75 Å². The third-order valence-electron chi connectivity index (χ3n) is 2.26. The Labute approximate surface area is 93.8 Å². The summed E-state index contributed by atoms with van der Waals surface area (Å²) in [5.74, 6) is 0.716. The van der Waals surface area contributed by atoms with Crippen molar-refractivity contribution < 1.29 is 4.74 Å². The van der Waals surface area contributed by atoms with E-state index in [4.69, 9.17) is 10.5 Å². The van der Waals surface area contributed by atoms with Crippen molar-refractivity contribution in [3.63, 3.8) is 0 Å². The molecule has 0 spiro atoms. The maximum absolute atomic E-state index is 5.82. The molecular weight excluding hydrogens is 204 g/mol. The third-order valence-corrected chi connectivity index (χ3v) is 2.26. The van der Waals surface area contributed by atoms with Gasteiger partial charge in [0.15, 0.2) is 0 Å². The molecule has 0 saturated carbocycles. The fraction of sp³-hybridized carbons (Fsp3) is 0.273. The Morgan fingerprint density at radius 3 is 2.88 bits per heavy atom. The smallest absolute Gasteiger partial charge is 0.145 e. The first-order valence-corrected chi connectivity index (χ1v) is 5.00. The van der Waals surface area contributed by atoms with Crippen LogP contribution in [-0.4, -0.2) is 15.0 Å². The standard InChI is InChI=1S/C11H14N4O/c1-8-4-3-5-10(12)11(8)16-7-9-6-15(2)14-13-9/h3-6H,7,12H2,1-2H3. The van der Waals surface area contributed by atoms with Gasteiger partial charge in [0.2, 0.25) is 0 Å². The number of para-hydroxylation sites is 1. The van der Waals surface area contributed by atoms with E-state index in [0.29, 0.717) is 18.0 Å². The van der Waals surface area contributed by atoms with Crippen LogP contribution in [0.1, 0.15) is 11.3 Å². The molecule has 0 radical (unpaired) electrons.